The fraction of sp³-hybridized carbons (Fsp3) is 0.389. The van der Waals surface area contributed by atoms with E-state index >= 15 is 0 Å². The van der Waals surface area contributed by atoms with Gasteiger partial charge in [-0.15, -0.1) is 11.3 Å². The van der Waals surface area contributed by atoms with Crippen molar-refractivity contribution in [2.45, 2.75) is 32.1 Å². The average Bonchev–Trinajstić information content (AvgIpc) is 3.37. The number of thiazole rings is 1. The van der Waals surface area contributed by atoms with Crippen LogP contribution in [0.1, 0.15) is 35.9 Å². The summed E-state index contributed by atoms with van der Waals surface area (Å²) in [6, 6.07) is 8.23. The summed E-state index contributed by atoms with van der Waals surface area (Å²) in [5.41, 5.74) is 3.06. The smallest absolute Gasteiger partial charge is 0.224 e. The molecule has 0 amide bonds. The summed E-state index contributed by atoms with van der Waals surface area (Å²) in [6.07, 6.45) is 3.06. The summed E-state index contributed by atoms with van der Waals surface area (Å²) in [7, 11) is 0. The molecule has 4 rings (SSSR count). The Balaban J connectivity index is 1.58. The number of rotatable bonds is 7. The monoisotopic (exact) mass is 355 g/mol. The van der Waals surface area contributed by atoms with E-state index in [1.807, 2.05) is 13.0 Å². The Morgan fingerprint density at radius 1 is 1.20 bits per heavy atom. The lowest BCUT2D eigenvalue weighted by Gasteiger charge is -2.11. The first-order valence-electron chi connectivity index (χ1n) is 8.59. The van der Waals surface area contributed by atoms with Gasteiger partial charge in [-0.1, -0.05) is 0 Å². The van der Waals surface area contributed by atoms with E-state index in [4.69, 9.17) is 5.11 Å². The molecule has 2 aromatic heterocycles. The molecule has 0 aliphatic heterocycles. The van der Waals surface area contributed by atoms with Crippen LogP contribution in [0.25, 0.3) is 10.2 Å². The molecular formula is C18H21N5OS. The fourth-order valence-electron chi connectivity index (χ4n) is 2.74. The molecule has 7 heteroatoms. The second-order valence-corrected chi connectivity index (χ2v) is 7.56. The molecule has 0 spiro atoms. The quantitative estimate of drug-likeness (QED) is 0.559. The number of fused-ring (bicyclic) bond motifs is 1. The highest BCUT2D eigenvalue weighted by atomic mass is 32.1. The Labute approximate surface area is 150 Å². The number of benzene rings is 1. The predicted molar refractivity (Wildman–Crippen MR) is 102 cm³/mol. The van der Waals surface area contributed by atoms with E-state index in [-0.39, 0.29) is 6.61 Å². The lowest BCUT2D eigenvalue weighted by molar-refractivity contribution is 0.292. The maximum absolute atomic E-state index is 8.94. The van der Waals surface area contributed by atoms with Crippen LogP contribution in [0.3, 0.4) is 0 Å². The van der Waals surface area contributed by atoms with Crippen LogP contribution in [0.5, 0.6) is 0 Å². The summed E-state index contributed by atoms with van der Waals surface area (Å²) >= 11 is 1.70. The van der Waals surface area contributed by atoms with Gasteiger partial charge in [0.1, 0.15) is 5.82 Å². The fourth-order valence-corrected chi connectivity index (χ4v) is 3.55. The molecule has 1 aliphatic carbocycles. The van der Waals surface area contributed by atoms with Crippen molar-refractivity contribution < 1.29 is 5.11 Å². The molecule has 0 unspecified atom stereocenters. The normalized spacial score (nSPS) is 14.0. The Morgan fingerprint density at radius 3 is 2.88 bits per heavy atom. The highest BCUT2D eigenvalue weighted by molar-refractivity contribution is 7.18. The van der Waals surface area contributed by atoms with Crippen LogP contribution in [0.15, 0.2) is 24.3 Å². The summed E-state index contributed by atoms with van der Waals surface area (Å²) in [4.78, 5) is 13.7. The van der Waals surface area contributed by atoms with Gasteiger partial charge >= 0.3 is 0 Å². The number of nitrogens with one attached hydrogen (secondary N) is 2. The first-order chi connectivity index (χ1) is 12.2. The van der Waals surface area contributed by atoms with Gasteiger partial charge in [-0.05, 0) is 44.4 Å². The number of hydrogen-bond donors (Lipinski definition) is 3. The summed E-state index contributed by atoms with van der Waals surface area (Å²) < 4.78 is 1.19. The summed E-state index contributed by atoms with van der Waals surface area (Å²) in [6.45, 7) is 2.84. The van der Waals surface area contributed by atoms with Gasteiger partial charge in [-0.3, -0.25) is 0 Å². The number of aliphatic hydroxyl groups is 1. The van der Waals surface area contributed by atoms with Crippen LogP contribution in [-0.4, -0.2) is 33.2 Å². The number of aryl methyl sites for hydroxylation is 1. The Morgan fingerprint density at radius 2 is 2.08 bits per heavy atom. The van der Waals surface area contributed by atoms with Gasteiger partial charge in [-0.2, -0.15) is 4.98 Å². The number of aromatic nitrogens is 3. The van der Waals surface area contributed by atoms with E-state index in [2.05, 4.69) is 43.8 Å². The van der Waals surface area contributed by atoms with Crippen LogP contribution >= 0.6 is 11.3 Å². The third-order valence-electron chi connectivity index (χ3n) is 4.13. The van der Waals surface area contributed by atoms with Gasteiger partial charge in [0.25, 0.3) is 0 Å². The van der Waals surface area contributed by atoms with E-state index in [1.54, 1.807) is 11.3 Å². The van der Waals surface area contributed by atoms with E-state index in [0.717, 1.165) is 27.7 Å². The summed E-state index contributed by atoms with van der Waals surface area (Å²) in [5.74, 6) is 1.95. The molecule has 0 bridgehead atoms. The molecule has 1 saturated carbocycles. The van der Waals surface area contributed by atoms with E-state index < -0.39 is 0 Å². The number of hydrogen-bond acceptors (Lipinski definition) is 7. The molecule has 3 aromatic rings. The van der Waals surface area contributed by atoms with Gasteiger partial charge in [0, 0.05) is 30.8 Å². The molecule has 6 nitrogen and oxygen atoms in total. The molecule has 130 valence electrons. The summed E-state index contributed by atoms with van der Waals surface area (Å²) in [5, 5.41) is 16.6. The van der Waals surface area contributed by atoms with E-state index in [1.165, 1.54) is 17.5 Å². The largest absolute Gasteiger partial charge is 0.396 e. The minimum atomic E-state index is 0.160. The third kappa shape index (κ3) is 3.88. The van der Waals surface area contributed by atoms with Crippen molar-refractivity contribution in [2.24, 2.45) is 0 Å². The molecule has 0 atom stereocenters. The molecule has 1 aliphatic rings. The van der Waals surface area contributed by atoms with Crippen LogP contribution < -0.4 is 10.6 Å². The van der Waals surface area contributed by atoms with Crippen molar-refractivity contribution in [3.8, 4) is 0 Å². The van der Waals surface area contributed by atoms with Crippen molar-refractivity contribution in [1.29, 1.82) is 0 Å². The maximum Gasteiger partial charge on any atom is 0.224 e. The second-order valence-electron chi connectivity index (χ2n) is 6.32. The van der Waals surface area contributed by atoms with Gasteiger partial charge < -0.3 is 15.7 Å². The Hall–Kier alpha value is -2.25. The zero-order chi connectivity index (χ0) is 17.2. The average molecular weight is 355 g/mol. The lowest BCUT2D eigenvalue weighted by Crippen LogP contribution is -2.09. The van der Waals surface area contributed by atoms with Gasteiger partial charge in [0.05, 0.1) is 20.9 Å². The van der Waals surface area contributed by atoms with Crippen molar-refractivity contribution in [3.63, 3.8) is 0 Å². The molecule has 0 radical (unpaired) electrons. The zero-order valence-electron chi connectivity index (χ0n) is 14.1. The first kappa shape index (κ1) is 16.2. The van der Waals surface area contributed by atoms with Crippen molar-refractivity contribution >= 4 is 39.0 Å². The first-order valence-corrected chi connectivity index (χ1v) is 9.41. The maximum atomic E-state index is 8.94. The highest BCUT2D eigenvalue weighted by Gasteiger charge is 2.26. The predicted octanol–water partition coefficient (Wildman–Crippen LogP) is 3.81. The SMILES string of the molecule is Cc1nc2cc(Nc3cc(C4CC4)nc(NCCCO)n3)ccc2s1. The number of anilines is 3. The number of nitrogens with zero attached hydrogens (tertiary/aromatic N) is 3. The van der Waals surface area contributed by atoms with Gasteiger partial charge in [0.2, 0.25) is 5.95 Å². The second kappa shape index (κ2) is 6.93. The third-order valence-corrected chi connectivity index (χ3v) is 5.08. The van der Waals surface area contributed by atoms with Crippen molar-refractivity contribution in [2.75, 3.05) is 23.8 Å². The molecule has 25 heavy (non-hydrogen) atoms. The van der Waals surface area contributed by atoms with Crippen molar-refractivity contribution in [1.82, 2.24) is 15.0 Å². The lowest BCUT2D eigenvalue weighted by atomic mass is 10.2. The molecular weight excluding hydrogens is 334 g/mol. The molecule has 1 aromatic carbocycles. The standard InChI is InChI=1S/C18H21N5OS/c1-11-20-15-9-13(5-6-16(15)25-11)21-17-10-14(12-3-4-12)22-18(23-17)19-7-2-8-24/h5-6,9-10,12,24H,2-4,7-8H2,1H3,(H2,19,21,22,23). The minimum Gasteiger partial charge on any atom is -0.396 e. The zero-order valence-corrected chi connectivity index (χ0v) is 14.9. The molecule has 1 fully saturated rings. The Bertz CT molecular complexity index is 890. The highest BCUT2D eigenvalue weighted by Crippen LogP contribution is 2.40. The van der Waals surface area contributed by atoms with Crippen LogP contribution in [0, 0.1) is 6.92 Å². The van der Waals surface area contributed by atoms with Gasteiger partial charge in [0.15, 0.2) is 0 Å². The molecule has 0 saturated heterocycles. The van der Waals surface area contributed by atoms with Crippen LogP contribution in [0.4, 0.5) is 17.5 Å². The number of aliphatic hydroxyl groups excluding tert-OH is 1. The molecule has 2 heterocycles. The molecule has 3 N–H and O–H groups in total. The minimum absolute atomic E-state index is 0.160. The van der Waals surface area contributed by atoms with E-state index in [0.29, 0.717) is 24.8 Å². The van der Waals surface area contributed by atoms with Crippen LogP contribution in [-0.2, 0) is 0 Å². The topological polar surface area (TPSA) is 83.0 Å². The Kier molecular flexibility index (Phi) is 4.50. The van der Waals surface area contributed by atoms with Crippen molar-refractivity contribution in [3.05, 3.63) is 35.0 Å². The van der Waals surface area contributed by atoms with E-state index in [9.17, 15) is 0 Å². The van der Waals surface area contributed by atoms with Crippen LogP contribution in [0.2, 0.25) is 0 Å². The van der Waals surface area contributed by atoms with Gasteiger partial charge in [-0.25, -0.2) is 9.97 Å².